The molecular weight excluding hydrogens is 172 g/mol. The van der Waals surface area contributed by atoms with Gasteiger partial charge in [0.15, 0.2) is 0 Å². The molecule has 1 unspecified atom stereocenters. The van der Waals surface area contributed by atoms with E-state index in [-0.39, 0.29) is 0 Å². The van der Waals surface area contributed by atoms with Crippen LogP contribution in [0.2, 0.25) is 0 Å². The van der Waals surface area contributed by atoms with Crippen molar-refractivity contribution >= 4 is 0 Å². The zero-order valence-electron chi connectivity index (χ0n) is 10.00. The van der Waals surface area contributed by atoms with Crippen LogP contribution in [-0.2, 0) is 0 Å². The van der Waals surface area contributed by atoms with E-state index in [1.54, 1.807) is 0 Å². The molecule has 1 atom stereocenters. The monoisotopic (exact) mass is 198 g/mol. The van der Waals surface area contributed by atoms with Crippen LogP contribution in [0.4, 0.5) is 0 Å². The van der Waals surface area contributed by atoms with Crippen LogP contribution in [0, 0.1) is 11.8 Å². The first kappa shape index (κ1) is 12.0. The maximum atomic E-state index is 5.81. The second-order valence-corrected chi connectivity index (χ2v) is 5.14. The SMILES string of the molecule is CC(C)C(CN)N(C)CC1CCCC1. The zero-order valence-corrected chi connectivity index (χ0v) is 10.00. The lowest BCUT2D eigenvalue weighted by molar-refractivity contribution is 0.171. The number of likely N-dealkylation sites (N-methyl/N-ethyl adjacent to an activating group) is 1. The Morgan fingerprint density at radius 2 is 1.86 bits per heavy atom. The number of rotatable bonds is 5. The Morgan fingerprint density at radius 3 is 2.29 bits per heavy atom. The van der Waals surface area contributed by atoms with Gasteiger partial charge in [-0.15, -0.1) is 0 Å². The largest absolute Gasteiger partial charge is 0.329 e. The molecule has 0 saturated heterocycles. The van der Waals surface area contributed by atoms with Gasteiger partial charge in [-0.05, 0) is 31.7 Å². The summed E-state index contributed by atoms with van der Waals surface area (Å²) in [5, 5.41) is 0. The molecule has 0 bridgehead atoms. The Morgan fingerprint density at radius 1 is 1.29 bits per heavy atom. The lowest BCUT2D eigenvalue weighted by Gasteiger charge is -2.32. The average Bonchev–Trinajstić information content (AvgIpc) is 2.57. The highest BCUT2D eigenvalue weighted by Crippen LogP contribution is 2.26. The van der Waals surface area contributed by atoms with Gasteiger partial charge in [0, 0.05) is 19.1 Å². The number of hydrogen-bond donors (Lipinski definition) is 1. The third kappa shape index (κ3) is 3.25. The van der Waals surface area contributed by atoms with Crippen LogP contribution in [0.1, 0.15) is 39.5 Å². The summed E-state index contributed by atoms with van der Waals surface area (Å²) >= 11 is 0. The van der Waals surface area contributed by atoms with Gasteiger partial charge in [0.1, 0.15) is 0 Å². The first-order valence-electron chi connectivity index (χ1n) is 6.05. The highest BCUT2D eigenvalue weighted by atomic mass is 15.1. The number of nitrogens with zero attached hydrogens (tertiary/aromatic N) is 1. The minimum atomic E-state index is 0.565. The van der Waals surface area contributed by atoms with Crippen molar-refractivity contribution in [2.45, 2.75) is 45.6 Å². The molecule has 1 aliphatic rings. The zero-order chi connectivity index (χ0) is 10.6. The smallest absolute Gasteiger partial charge is 0.0238 e. The van der Waals surface area contributed by atoms with Crippen LogP contribution >= 0.6 is 0 Å². The summed E-state index contributed by atoms with van der Waals surface area (Å²) in [5.41, 5.74) is 5.81. The Labute approximate surface area is 88.8 Å². The lowest BCUT2D eigenvalue weighted by Crippen LogP contribution is -2.43. The van der Waals surface area contributed by atoms with E-state index in [0.29, 0.717) is 12.0 Å². The van der Waals surface area contributed by atoms with Gasteiger partial charge in [-0.2, -0.15) is 0 Å². The molecule has 0 aromatic carbocycles. The lowest BCUT2D eigenvalue weighted by atomic mass is 10.0. The average molecular weight is 198 g/mol. The van der Waals surface area contributed by atoms with Crippen LogP contribution < -0.4 is 5.73 Å². The van der Waals surface area contributed by atoms with Crippen molar-refractivity contribution in [1.29, 1.82) is 0 Å². The van der Waals surface area contributed by atoms with E-state index in [4.69, 9.17) is 5.73 Å². The van der Waals surface area contributed by atoms with E-state index in [1.807, 2.05) is 0 Å². The van der Waals surface area contributed by atoms with Gasteiger partial charge >= 0.3 is 0 Å². The summed E-state index contributed by atoms with van der Waals surface area (Å²) < 4.78 is 0. The van der Waals surface area contributed by atoms with Gasteiger partial charge in [-0.25, -0.2) is 0 Å². The molecule has 0 amide bonds. The first-order chi connectivity index (χ1) is 6.65. The molecule has 2 heteroatoms. The molecule has 1 saturated carbocycles. The van der Waals surface area contributed by atoms with Crippen molar-refractivity contribution in [1.82, 2.24) is 4.90 Å². The Balaban J connectivity index is 2.34. The van der Waals surface area contributed by atoms with Crippen molar-refractivity contribution in [2.24, 2.45) is 17.6 Å². The third-order valence-corrected chi connectivity index (χ3v) is 3.60. The van der Waals surface area contributed by atoms with Gasteiger partial charge in [-0.1, -0.05) is 26.7 Å². The Kier molecular flexibility index (Phi) is 4.90. The molecule has 84 valence electrons. The molecule has 1 fully saturated rings. The molecule has 0 radical (unpaired) electrons. The standard InChI is InChI=1S/C12H26N2/c1-10(2)12(8-13)14(3)9-11-6-4-5-7-11/h10-12H,4-9,13H2,1-3H3. The van der Waals surface area contributed by atoms with E-state index in [2.05, 4.69) is 25.8 Å². The topological polar surface area (TPSA) is 29.3 Å². The van der Waals surface area contributed by atoms with E-state index < -0.39 is 0 Å². The van der Waals surface area contributed by atoms with Crippen LogP contribution in [0.5, 0.6) is 0 Å². The number of nitrogens with two attached hydrogens (primary N) is 1. The second kappa shape index (κ2) is 5.72. The fourth-order valence-corrected chi connectivity index (χ4v) is 2.70. The van der Waals surface area contributed by atoms with Crippen molar-refractivity contribution in [3.63, 3.8) is 0 Å². The highest BCUT2D eigenvalue weighted by molar-refractivity contribution is 4.77. The van der Waals surface area contributed by atoms with Gasteiger partial charge in [0.25, 0.3) is 0 Å². The molecule has 1 aliphatic carbocycles. The third-order valence-electron chi connectivity index (χ3n) is 3.60. The van der Waals surface area contributed by atoms with E-state index in [9.17, 15) is 0 Å². The molecule has 0 aromatic heterocycles. The summed E-state index contributed by atoms with van der Waals surface area (Å²) in [6, 6.07) is 0.565. The summed E-state index contributed by atoms with van der Waals surface area (Å²) in [6.07, 6.45) is 5.74. The fraction of sp³-hybridized carbons (Fsp3) is 1.00. The van der Waals surface area contributed by atoms with E-state index in [0.717, 1.165) is 12.5 Å². The molecule has 14 heavy (non-hydrogen) atoms. The quantitative estimate of drug-likeness (QED) is 0.733. The fourth-order valence-electron chi connectivity index (χ4n) is 2.70. The predicted molar refractivity (Wildman–Crippen MR) is 62.3 cm³/mol. The normalized spacial score (nSPS) is 21.0. The molecule has 0 aromatic rings. The molecule has 0 heterocycles. The summed E-state index contributed by atoms with van der Waals surface area (Å²) in [5.74, 6) is 1.61. The van der Waals surface area contributed by atoms with E-state index in [1.165, 1.54) is 32.2 Å². The predicted octanol–water partition coefficient (Wildman–Crippen LogP) is 2.09. The van der Waals surface area contributed by atoms with Crippen molar-refractivity contribution in [3.8, 4) is 0 Å². The minimum Gasteiger partial charge on any atom is -0.329 e. The first-order valence-corrected chi connectivity index (χ1v) is 6.05. The summed E-state index contributed by atoms with van der Waals surface area (Å²) in [7, 11) is 2.23. The molecule has 2 N–H and O–H groups in total. The summed E-state index contributed by atoms with van der Waals surface area (Å²) in [4.78, 5) is 2.47. The highest BCUT2D eigenvalue weighted by Gasteiger charge is 2.22. The van der Waals surface area contributed by atoms with Crippen LogP contribution in [0.25, 0.3) is 0 Å². The van der Waals surface area contributed by atoms with Crippen molar-refractivity contribution in [3.05, 3.63) is 0 Å². The molecule has 0 spiro atoms. The van der Waals surface area contributed by atoms with Gasteiger partial charge < -0.3 is 10.6 Å². The van der Waals surface area contributed by atoms with Gasteiger partial charge in [0.05, 0.1) is 0 Å². The van der Waals surface area contributed by atoms with Crippen molar-refractivity contribution in [2.75, 3.05) is 20.1 Å². The minimum absolute atomic E-state index is 0.565. The molecular formula is C12H26N2. The van der Waals surface area contributed by atoms with Gasteiger partial charge in [-0.3, -0.25) is 0 Å². The molecule has 2 nitrogen and oxygen atoms in total. The Hall–Kier alpha value is -0.0800. The van der Waals surface area contributed by atoms with Crippen LogP contribution in [0.3, 0.4) is 0 Å². The molecule has 0 aliphatic heterocycles. The molecule has 1 rings (SSSR count). The number of hydrogen-bond acceptors (Lipinski definition) is 2. The van der Waals surface area contributed by atoms with Crippen molar-refractivity contribution < 1.29 is 0 Å². The van der Waals surface area contributed by atoms with E-state index >= 15 is 0 Å². The van der Waals surface area contributed by atoms with Crippen LogP contribution in [0.15, 0.2) is 0 Å². The Bertz CT molecular complexity index is 150. The second-order valence-electron chi connectivity index (χ2n) is 5.14. The summed E-state index contributed by atoms with van der Waals surface area (Å²) in [6.45, 7) is 6.58. The maximum Gasteiger partial charge on any atom is 0.0238 e. The van der Waals surface area contributed by atoms with Gasteiger partial charge in [0.2, 0.25) is 0 Å². The maximum absolute atomic E-state index is 5.81. The van der Waals surface area contributed by atoms with Crippen LogP contribution in [-0.4, -0.2) is 31.1 Å².